The molecule has 36 heavy (non-hydrogen) atoms. The maximum absolute atomic E-state index is 2.51. The molecule has 0 saturated carbocycles. The molecule has 6 rings (SSSR count). The minimum absolute atomic E-state index is 0.0656. The Kier molecular flexibility index (Phi) is 5.69. The molecule has 5 aromatic rings. The summed E-state index contributed by atoms with van der Waals surface area (Å²) in [5, 5.41) is 6.64. The topological polar surface area (TPSA) is 7.12 Å². The Labute approximate surface area is 217 Å². The number of fused-ring (bicyclic) bond motifs is 6. The molecule has 0 atom stereocenters. The molecule has 2 heterocycles. The molecule has 0 fully saturated rings. The van der Waals surface area contributed by atoms with Crippen molar-refractivity contribution in [1.29, 1.82) is 0 Å². The van der Waals surface area contributed by atoms with Gasteiger partial charge in [0.2, 0.25) is 5.52 Å². The third kappa shape index (κ3) is 3.57. The molecular weight excluding hydrogens is 456 g/mol. The Morgan fingerprint density at radius 3 is 2.36 bits per heavy atom. The van der Waals surface area contributed by atoms with Crippen LogP contribution in [0.3, 0.4) is 0 Å². The minimum Gasteiger partial charge on any atom is -0.347 e. The van der Waals surface area contributed by atoms with Gasteiger partial charge in [0.05, 0.1) is 0 Å². The second-order valence-electron chi connectivity index (χ2n) is 10.4. The predicted molar refractivity (Wildman–Crippen MR) is 157 cm³/mol. The van der Waals surface area contributed by atoms with Crippen molar-refractivity contribution >= 4 is 54.9 Å². The third-order valence-corrected chi connectivity index (χ3v) is 8.94. The highest BCUT2D eigenvalue weighted by Crippen LogP contribution is 2.49. The van der Waals surface area contributed by atoms with Crippen molar-refractivity contribution in [3.63, 3.8) is 0 Å². The van der Waals surface area contributed by atoms with Gasteiger partial charge in [-0.15, -0.1) is 0 Å². The zero-order valence-electron chi connectivity index (χ0n) is 21.6. The first-order valence-corrected chi connectivity index (χ1v) is 13.8. The van der Waals surface area contributed by atoms with Crippen LogP contribution in [0.15, 0.2) is 90.6 Å². The van der Waals surface area contributed by atoms with Gasteiger partial charge in [0, 0.05) is 47.8 Å². The average Bonchev–Trinajstić information content (AvgIpc) is 3.35. The maximum atomic E-state index is 2.51. The summed E-state index contributed by atoms with van der Waals surface area (Å²) in [7, 11) is 2.20. The third-order valence-electron chi connectivity index (χ3n) is 7.75. The van der Waals surface area contributed by atoms with Crippen LogP contribution in [0.4, 0.5) is 5.69 Å². The van der Waals surface area contributed by atoms with Crippen LogP contribution in [0.2, 0.25) is 0 Å². The monoisotopic (exact) mass is 489 g/mol. The van der Waals surface area contributed by atoms with Gasteiger partial charge in [0.15, 0.2) is 6.54 Å². The fourth-order valence-electron chi connectivity index (χ4n) is 5.92. The van der Waals surface area contributed by atoms with Gasteiger partial charge in [-0.05, 0) is 39.9 Å². The number of nitrogens with zero attached hydrogens (tertiary/aromatic N) is 2. The number of hydrogen-bond acceptors (Lipinski definition) is 2. The summed E-state index contributed by atoms with van der Waals surface area (Å²) in [4.78, 5) is 2.37. The SMILES string of the molecule is CCCC[n+]1c(C=CC=C2N(C)c3ccc4ccccc4c3C2(C)C)sc2c3ccccc3ccc21. The van der Waals surface area contributed by atoms with Crippen LogP contribution in [-0.4, -0.2) is 7.05 Å². The van der Waals surface area contributed by atoms with E-state index in [-0.39, 0.29) is 5.41 Å². The van der Waals surface area contributed by atoms with Gasteiger partial charge in [-0.2, -0.15) is 4.57 Å². The van der Waals surface area contributed by atoms with E-state index in [0.29, 0.717) is 0 Å². The van der Waals surface area contributed by atoms with Crippen LogP contribution in [0.25, 0.3) is 37.8 Å². The Bertz CT molecular complexity index is 1670. The van der Waals surface area contributed by atoms with Crippen LogP contribution >= 0.6 is 11.3 Å². The molecule has 180 valence electrons. The molecule has 1 aromatic heterocycles. The Morgan fingerprint density at radius 2 is 1.58 bits per heavy atom. The number of rotatable bonds is 5. The molecule has 0 aliphatic carbocycles. The van der Waals surface area contributed by atoms with Crippen molar-refractivity contribution < 1.29 is 4.57 Å². The lowest BCUT2D eigenvalue weighted by Gasteiger charge is -2.24. The van der Waals surface area contributed by atoms with Crippen LogP contribution in [0, 0.1) is 0 Å². The number of anilines is 1. The van der Waals surface area contributed by atoms with E-state index in [4.69, 9.17) is 0 Å². The normalized spacial score (nSPS) is 16.2. The first kappa shape index (κ1) is 23.0. The zero-order chi connectivity index (χ0) is 24.9. The van der Waals surface area contributed by atoms with E-state index in [1.54, 1.807) is 0 Å². The van der Waals surface area contributed by atoms with Crippen LogP contribution < -0.4 is 9.47 Å². The molecule has 3 heteroatoms. The van der Waals surface area contributed by atoms with Gasteiger partial charge >= 0.3 is 0 Å². The molecule has 0 saturated heterocycles. The van der Waals surface area contributed by atoms with E-state index in [2.05, 4.69) is 128 Å². The Balaban J connectivity index is 1.43. The molecule has 0 radical (unpaired) electrons. The summed E-state index contributed by atoms with van der Waals surface area (Å²) in [6, 6.07) is 26.6. The van der Waals surface area contributed by atoms with Gasteiger partial charge in [-0.3, -0.25) is 0 Å². The fraction of sp³-hybridized carbons (Fsp3) is 0.242. The number of aromatic nitrogens is 1. The van der Waals surface area contributed by atoms with E-state index in [1.165, 1.54) is 66.6 Å². The molecule has 0 bridgehead atoms. The number of hydrogen-bond donors (Lipinski definition) is 0. The van der Waals surface area contributed by atoms with E-state index in [1.807, 2.05) is 11.3 Å². The van der Waals surface area contributed by atoms with Crippen molar-refractivity contribution in [3.8, 4) is 0 Å². The van der Waals surface area contributed by atoms with Crippen molar-refractivity contribution in [2.75, 3.05) is 11.9 Å². The highest BCUT2D eigenvalue weighted by molar-refractivity contribution is 7.19. The van der Waals surface area contributed by atoms with Gasteiger partial charge in [-0.1, -0.05) is 99.2 Å². The van der Waals surface area contributed by atoms with Gasteiger partial charge in [0.1, 0.15) is 4.70 Å². The highest BCUT2D eigenvalue weighted by Gasteiger charge is 2.39. The number of allylic oxidation sites excluding steroid dienone is 3. The lowest BCUT2D eigenvalue weighted by atomic mass is 9.81. The molecule has 4 aromatic carbocycles. The summed E-state index contributed by atoms with van der Waals surface area (Å²) in [5.74, 6) is 0. The van der Waals surface area contributed by atoms with Crippen molar-refractivity contribution in [1.82, 2.24) is 0 Å². The van der Waals surface area contributed by atoms with Crippen molar-refractivity contribution in [2.24, 2.45) is 0 Å². The first-order valence-electron chi connectivity index (χ1n) is 13.0. The average molecular weight is 490 g/mol. The second-order valence-corrected chi connectivity index (χ2v) is 11.4. The molecule has 0 amide bonds. The Hall–Kier alpha value is -3.43. The van der Waals surface area contributed by atoms with E-state index < -0.39 is 0 Å². The largest absolute Gasteiger partial charge is 0.347 e. The molecule has 0 N–H and O–H groups in total. The van der Waals surface area contributed by atoms with Crippen LogP contribution in [0.1, 0.15) is 44.2 Å². The first-order chi connectivity index (χ1) is 17.5. The van der Waals surface area contributed by atoms with Gasteiger partial charge in [0.25, 0.3) is 5.01 Å². The van der Waals surface area contributed by atoms with E-state index in [0.717, 1.165) is 6.54 Å². The summed E-state index contributed by atoms with van der Waals surface area (Å²) in [5.41, 5.74) is 5.34. The number of likely N-dealkylation sites (N-methyl/N-ethyl adjacent to an activating group) is 1. The molecule has 1 aliphatic rings. The predicted octanol–water partition coefficient (Wildman–Crippen LogP) is 8.62. The highest BCUT2D eigenvalue weighted by atomic mass is 32.1. The van der Waals surface area contributed by atoms with Crippen LogP contribution in [-0.2, 0) is 12.0 Å². The number of thiazole rings is 1. The number of aryl methyl sites for hydroxylation is 1. The fourth-order valence-corrected chi connectivity index (χ4v) is 7.15. The number of unbranched alkanes of at least 4 members (excludes halogenated alkanes) is 1. The smallest absolute Gasteiger partial charge is 0.262 e. The molecular formula is C33H33N2S+. The molecule has 0 unspecified atom stereocenters. The summed E-state index contributed by atoms with van der Waals surface area (Å²) in [6.07, 6.45) is 9.27. The summed E-state index contributed by atoms with van der Waals surface area (Å²) < 4.78 is 3.89. The van der Waals surface area contributed by atoms with Crippen molar-refractivity contribution in [2.45, 2.75) is 45.6 Å². The zero-order valence-corrected chi connectivity index (χ0v) is 22.4. The van der Waals surface area contributed by atoms with Gasteiger partial charge in [-0.25, -0.2) is 0 Å². The van der Waals surface area contributed by atoms with E-state index in [9.17, 15) is 0 Å². The quantitative estimate of drug-likeness (QED) is 0.224. The molecule has 1 aliphatic heterocycles. The maximum Gasteiger partial charge on any atom is 0.262 e. The number of benzene rings is 4. The summed E-state index contributed by atoms with van der Waals surface area (Å²) in [6.45, 7) is 8.03. The second kappa shape index (κ2) is 8.90. The molecule has 0 spiro atoms. The summed E-state index contributed by atoms with van der Waals surface area (Å²) >= 11 is 1.91. The van der Waals surface area contributed by atoms with Crippen molar-refractivity contribution in [3.05, 3.63) is 101 Å². The Morgan fingerprint density at radius 1 is 0.889 bits per heavy atom. The minimum atomic E-state index is -0.0656. The van der Waals surface area contributed by atoms with E-state index >= 15 is 0 Å². The van der Waals surface area contributed by atoms with Gasteiger partial charge < -0.3 is 4.90 Å². The lowest BCUT2D eigenvalue weighted by Crippen LogP contribution is -2.34. The lowest BCUT2D eigenvalue weighted by molar-refractivity contribution is -0.669. The van der Waals surface area contributed by atoms with Crippen LogP contribution in [0.5, 0.6) is 0 Å². The standard InChI is InChI=1S/C33H33N2S/c1-5-6-22-35-28-21-19-24-13-8-10-15-26(24)32(28)36-30(35)17-11-16-29-33(2,3)31-25-14-9-7-12-23(25)18-20-27(31)34(29)4/h7-21H,5-6,22H2,1-4H3/q+1. The molecule has 2 nitrogen and oxygen atoms in total.